The first-order valence-electron chi connectivity index (χ1n) is 4.92. The van der Waals surface area contributed by atoms with Crippen LogP contribution in [0.5, 0.6) is 0 Å². The first-order valence-corrected chi connectivity index (χ1v) is 5.68. The fourth-order valence-corrected chi connectivity index (χ4v) is 2.49. The highest BCUT2D eigenvalue weighted by atomic mass is 35.5. The van der Waals surface area contributed by atoms with Crippen molar-refractivity contribution in [1.82, 2.24) is 5.32 Å². The van der Waals surface area contributed by atoms with Crippen LogP contribution >= 0.6 is 23.2 Å². The molecule has 0 saturated carbocycles. The second-order valence-corrected chi connectivity index (χ2v) is 4.62. The van der Waals surface area contributed by atoms with Gasteiger partial charge in [-0.2, -0.15) is 0 Å². The molecule has 76 valence electrons. The van der Waals surface area contributed by atoms with Gasteiger partial charge in [0.05, 0.1) is 0 Å². The molecule has 1 nitrogen and oxygen atoms in total. The average molecular weight is 230 g/mol. The lowest BCUT2D eigenvalue weighted by atomic mass is 9.92. The Hall–Kier alpha value is -0.240. The average Bonchev–Trinajstić information content (AvgIpc) is 2.18. The Morgan fingerprint density at radius 3 is 2.43 bits per heavy atom. The summed E-state index contributed by atoms with van der Waals surface area (Å²) in [6, 6.07) is 5.82. The zero-order valence-corrected chi connectivity index (χ0v) is 9.41. The van der Waals surface area contributed by atoms with Crippen molar-refractivity contribution in [3.63, 3.8) is 0 Å². The Morgan fingerprint density at radius 1 is 1.14 bits per heavy atom. The molecule has 0 spiro atoms. The molecule has 1 aliphatic rings. The third kappa shape index (κ3) is 2.41. The van der Waals surface area contributed by atoms with E-state index in [9.17, 15) is 0 Å². The Morgan fingerprint density at radius 2 is 1.86 bits per heavy atom. The van der Waals surface area contributed by atoms with E-state index in [1.165, 1.54) is 18.4 Å². The molecule has 1 aromatic rings. The fraction of sp³-hybridized carbons (Fsp3) is 0.455. The molecular formula is C11H13Cl2N. The normalized spacial score (nSPS) is 22.3. The van der Waals surface area contributed by atoms with Crippen molar-refractivity contribution in [3.8, 4) is 0 Å². The molecule has 2 rings (SSSR count). The Balaban J connectivity index is 2.21. The van der Waals surface area contributed by atoms with Gasteiger partial charge in [0.15, 0.2) is 0 Å². The molecule has 1 N–H and O–H groups in total. The van der Waals surface area contributed by atoms with E-state index in [-0.39, 0.29) is 0 Å². The van der Waals surface area contributed by atoms with Crippen LogP contribution in [-0.2, 0) is 0 Å². The van der Waals surface area contributed by atoms with Gasteiger partial charge in [0.25, 0.3) is 0 Å². The smallest absolute Gasteiger partial charge is 0.0423 e. The summed E-state index contributed by atoms with van der Waals surface area (Å²) < 4.78 is 0. The molecule has 0 aliphatic carbocycles. The minimum atomic E-state index is 0.569. The molecule has 14 heavy (non-hydrogen) atoms. The fourth-order valence-electron chi connectivity index (χ4n) is 1.95. The maximum absolute atomic E-state index is 5.96. The quantitative estimate of drug-likeness (QED) is 0.778. The highest BCUT2D eigenvalue weighted by Crippen LogP contribution is 2.28. The predicted molar refractivity (Wildman–Crippen MR) is 61.3 cm³/mol. The standard InChI is InChI=1S/C11H13Cl2N/c12-10-4-9(5-11(13)6-10)8-2-1-3-14-7-8/h4-6,8,14H,1-3,7H2/t8-/m0/s1. The van der Waals surface area contributed by atoms with Crippen molar-refractivity contribution in [2.24, 2.45) is 0 Å². The molecule has 3 heteroatoms. The second-order valence-electron chi connectivity index (χ2n) is 3.75. The summed E-state index contributed by atoms with van der Waals surface area (Å²) >= 11 is 11.9. The summed E-state index contributed by atoms with van der Waals surface area (Å²) in [5.41, 5.74) is 1.26. The molecule has 1 fully saturated rings. The number of halogens is 2. The van der Waals surface area contributed by atoms with Crippen LogP contribution in [0.2, 0.25) is 10.0 Å². The van der Waals surface area contributed by atoms with Gasteiger partial charge < -0.3 is 5.32 Å². The van der Waals surface area contributed by atoms with Crippen LogP contribution in [0.3, 0.4) is 0 Å². The van der Waals surface area contributed by atoms with E-state index >= 15 is 0 Å². The molecule has 0 unspecified atom stereocenters. The summed E-state index contributed by atoms with van der Waals surface area (Å²) in [5, 5.41) is 4.85. The van der Waals surface area contributed by atoms with Crippen molar-refractivity contribution in [1.29, 1.82) is 0 Å². The second kappa shape index (κ2) is 4.52. The molecular weight excluding hydrogens is 217 g/mol. The molecule has 1 aromatic carbocycles. The van der Waals surface area contributed by atoms with E-state index in [1.807, 2.05) is 12.1 Å². The van der Waals surface area contributed by atoms with Gasteiger partial charge in [-0.1, -0.05) is 23.2 Å². The van der Waals surface area contributed by atoms with Crippen LogP contribution in [0.1, 0.15) is 24.3 Å². The molecule has 0 radical (unpaired) electrons. The van der Waals surface area contributed by atoms with E-state index in [0.717, 1.165) is 23.1 Å². The summed E-state index contributed by atoms with van der Waals surface area (Å²) in [4.78, 5) is 0. The Labute approximate surface area is 94.4 Å². The molecule has 0 aromatic heterocycles. The third-order valence-corrected chi connectivity index (χ3v) is 3.09. The van der Waals surface area contributed by atoms with Gasteiger partial charge in [-0.05, 0) is 49.1 Å². The highest BCUT2D eigenvalue weighted by Gasteiger charge is 2.15. The lowest BCUT2D eigenvalue weighted by Crippen LogP contribution is -2.28. The molecule has 1 atom stereocenters. The number of rotatable bonds is 1. The van der Waals surface area contributed by atoms with Crippen LogP contribution in [0.15, 0.2) is 18.2 Å². The van der Waals surface area contributed by atoms with Crippen molar-refractivity contribution in [3.05, 3.63) is 33.8 Å². The lowest BCUT2D eigenvalue weighted by molar-refractivity contribution is 0.461. The number of benzene rings is 1. The summed E-state index contributed by atoms with van der Waals surface area (Å²) in [7, 11) is 0. The first kappa shape index (κ1) is 10.3. The molecule has 0 bridgehead atoms. The van der Waals surface area contributed by atoms with E-state index in [0.29, 0.717) is 5.92 Å². The van der Waals surface area contributed by atoms with Crippen molar-refractivity contribution in [2.45, 2.75) is 18.8 Å². The van der Waals surface area contributed by atoms with Gasteiger partial charge in [-0.25, -0.2) is 0 Å². The van der Waals surface area contributed by atoms with Gasteiger partial charge in [0.2, 0.25) is 0 Å². The van der Waals surface area contributed by atoms with Crippen LogP contribution in [0, 0.1) is 0 Å². The Bertz CT molecular complexity index is 299. The molecule has 1 aliphatic heterocycles. The largest absolute Gasteiger partial charge is 0.316 e. The van der Waals surface area contributed by atoms with Crippen LogP contribution < -0.4 is 5.32 Å². The van der Waals surface area contributed by atoms with Gasteiger partial charge >= 0.3 is 0 Å². The number of hydrogen-bond donors (Lipinski definition) is 1. The van der Waals surface area contributed by atoms with E-state index in [2.05, 4.69) is 5.32 Å². The van der Waals surface area contributed by atoms with Gasteiger partial charge in [-0.15, -0.1) is 0 Å². The zero-order chi connectivity index (χ0) is 9.97. The van der Waals surface area contributed by atoms with E-state index < -0.39 is 0 Å². The van der Waals surface area contributed by atoms with Crippen LogP contribution in [0.25, 0.3) is 0 Å². The molecule has 1 heterocycles. The minimum Gasteiger partial charge on any atom is -0.316 e. The van der Waals surface area contributed by atoms with Gasteiger partial charge in [0.1, 0.15) is 0 Å². The van der Waals surface area contributed by atoms with Gasteiger partial charge in [0, 0.05) is 16.6 Å². The maximum atomic E-state index is 5.96. The van der Waals surface area contributed by atoms with Crippen molar-refractivity contribution in [2.75, 3.05) is 13.1 Å². The summed E-state index contributed by atoms with van der Waals surface area (Å²) in [6.07, 6.45) is 2.46. The molecule has 0 amide bonds. The SMILES string of the molecule is Clc1cc(Cl)cc([C@H]2CCCNC2)c1. The van der Waals surface area contributed by atoms with Crippen LogP contribution in [-0.4, -0.2) is 13.1 Å². The monoisotopic (exact) mass is 229 g/mol. The lowest BCUT2D eigenvalue weighted by Gasteiger charge is -2.23. The number of piperidine rings is 1. The van der Waals surface area contributed by atoms with Gasteiger partial charge in [-0.3, -0.25) is 0 Å². The minimum absolute atomic E-state index is 0.569. The number of hydrogen-bond acceptors (Lipinski definition) is 1. The third-order valence-electron chi connectivity index (χ3n) is 2.65. The van der Waals surface area contributed by atoms with E-state index in [1.54, 1.807) is 6.07 Å². The predicted octanol–water partition coefficient (Wildman–Crippen LogP) is 3.46. The Kier molecular flexibility index (Phi) is 3.32. The highest BCUT2D eigenvalue weighted by molar-refractivity contribution is 6.34. The van der Waals surface area contributed by atoms with Crippen molar-refractivity contribution >= 4 is 23.2 Å². The first-order chi connectivity index (χ1) is 6.75. The zero-order valence-electron chi connectivity index (χ0n) is 7.89. The topological polar surface area (TPSA) is 12.0 Å². The number of nitrogens with one attached hydrogen (secondary N) is 1. The van der Waals surface area contributed by atoms with Crippen molar-refractivity contribution < 1.29 is 0 Å². The van der Waals surface area contributed by atoms with E-state index in [4.69, 9.17) is 23.2 Å². The maximum Gasteiger partial charge on any atom is 0.0423 e. The van der Waals surface area contributed by atoms with Crippen LogP contribution in [0.4, 0.5) is 0 Å². The summed E-state index contributed by atoms with van der Waals surface area (Å²) in [6.45, 7) is 2.17. The summed E-state index contributed by atoms with van der Waals surface area (Å²) in [5.74, 6) is 0.569. The molecule has 1 saturated heterocycles.